The van der Waals surface area contributed by atoms with Gasteiger partial charge in [-0.05, 0) is 63.1 Å². The summed E-state index contributed by atoms with van der Waals surface area (Å²) in [5.41, 5.74) is 8.55. The third-order valence-corrected chi connectivity index (χ3v) is 4.46. The van der Waals surface area contributed by atoms with E-state index in [-0.39, 0.29) is 17.4 Å². The van der Waals surface area contributed by atoms with E-state index < -0.39 is 11.4 Å². The maximum atomic E-state index is 12.9. The van der Waals surface area contributed by atoms with Crippen LogP contribution in [0, 0.1) is 13.8 Å². The van der Waals surface area contributed by atoms with Crippen molar-refractivity contribution in [3.05, 3.63) is 64.2 Å². The van der Waals surface area contributed by atoms with E-state index in [1.165, 1.54) is 17.0 Å². The van der Waals surface area contributed by atoms with Gasteiger partial charge >= 0.3 is 0 Å². The van der Waals surface area contributed by atoms with Crippen LogP contribution in [0.1, 0.15) is 56.0 Å². The van der Waals surface area contributed by atoms with Gasteiger partial charge in [-0.3, -0.25) is 14.4 Å². The Morgan fingerprint density at radius 3 is 2.37 bits per heavy atom. The van der Waals surface area contributed by atoms with Crippen LogP contribution in [-0.4, -0.2) is 29.8 Å². The maximum Gasteiger partial charge on any atom is 0.266 e. The van der Waals surface area contributed by atoms with E-state index >= 15 is 0 Å². The first-order valence-corrected chi connectivity index (χ1v) is 8.76. The Kier molecular flexibility index (Phi) is 4.61. The average molecular weight is 365 g/mol. The minimum atomic E-state index is -0.544. The molecule has 3 amide bonds. The Balaban J connectivity index is 1.93. The number of carbonyl (C=O) groups excluding carboxylic acids is 3. The summed E-state index contributed by atoms with van der Waals surface area (Å²) >= 11 is 0. The summed E-state index contributed by atoms with van der Waals surface area (Å²) in [4.78, 5) is 39.2. The van der Waals surface area contributed by atoms with Crippen LogP contribution in [0.5, 0.6) is 0 Å². The molecule has 0 unspecified atom stereocenters. The lowest BCUT2D eigenvalue weighted by atomic mass is 10.0. The number of fused-ring (bicyclic) bond motifs is 1. The van der Waals surface area contributed by atoms with Crippen LogP contribution in [0.15, 0.2) is 36.4 Å². The fraction of sp³-hybridized carbons (Fsp3) is 0.286. The molecule has 1 heterocycles. The molecule has 140 valence electrons. The number of hydrogen-bond acceptors (Lipinski definition) is 4. The summed E-state index contributed by atoms with van der Waals surface area (Å²) in [5, 5.41) is 2.74. The van der Waals surface area contributed by atoms with Crippen LogP contribution in [0.3, 0.4) is 0 Å². The number of imide groups is 1. The van der Waals surface area contributed by atoms with Crippen molar-refractivity contribution in [2.45, 2.75) is 33.2 Å². The zero-order valence-corrected chi connectivity index (χ0v) is 15.9. The lowest BCUT2D eigenvalue weighted by Gasteiger charge is -2.18. The van der Waals surface area contributed by atoms with Crippen LogP contribution in [0.25, 0.3) is 0 Å². The number of nitrogens with one attached hydrogen (secondary N) is 1. The van der Waals surface area contributed by atoms with E-state index in [4.69, 9.17) is 5.73 Å². The number of carbonyl (C=O) groups is 3. The maximum absolute atomic E-state index is 12.9. The number of nitrogens with zero attached hydrogens (tertiary/aromatic N) is 1. The SMILES string of the molecule is Cc1ccc(C)c(N2C(=O)c3ccc(C(=O)NCC(C)(C)N)cc3C2=O)c1. The monoisotopic (exact) mass is 365 g/mol. The highest BCUT2D eigenvalue weighted by molar-refractivity contribution is 6.35. The fourth-order valence-electron chi connectivity index (χ4n) is 2.97. The van der Waals surface area contributed by atoms with Crippen LogP contribution in [-0.2, 0) is 0 Å². The Morgan fingerprint density at radius 1 is 1.04 bits per heavy atom. The number of nitrogens with two attached hydrogens (primary N) is 1. The Bertz CT molecular complexity index is 958. The van der Waals surface area contributed by atoms with Crippen LogP contribution in [0.4, 0.5) is 5.69 Å². The molecule has 2 aromatic carbocycles. The summed E-state index contributed by atoms with van der Waals surface area (Å²) in [6.07, 6.45) is 0. The van der Waals surface area contributed by atoms with Gasteiger partial charge in [0.05, 0.1) is 16.8 Å². The molecule has 0 aliphatic carbocycles. The predicted molar refractivity (Wildman–Crippen MR) is 104 cm³/mol. The molecule has 1 aliphatic rings. The van der Waals surface area contributed by atoms with Gasteiger partial charge in [0, 0.05) is 17.6 Å². The number of amides is 3. The van der Waals surface area contributed by atoms with Crippen LogP contribution in [0.2, 0.25) is 0 Å². The van der Waals surface area contributed by atoms with Crippen molar-refractivity contribution in [3.8, 4) is 0 Å². The number of benzene rings is 2. The van der Waals surface area contributed by atoms with E-state index in [1.54, 1.807) is 19.9 Å². The molecule has 0 aromatic heterocycles. The van der Waals surface area contributed by atoms with Crippen molar-refractivity contribution in [1.82, 2.24) is 5.32 Å². The van der Waals surface area contributed by atoms with Gasteiger partial charge in [-0.2, -0.15) is 0 Å². The molecule has 2 aromatic rings. The summed E-state index contributed by atoms with van der Waals surface area (Å²) in [5.74, 6) is -1.13. The molecule has 0 saturated heterocycles. The van der Waals surface area contributed by atoms with Crippen molar-refractivity contribution >= 4 is 23.4 Å². The largest absolute Gasteiger partial charge is 0.350 e. The zero-order chi connectivity index (χ0) is 19.9. The standard InChI is InChI=1S/C21H23N3O3/c1-12-5-6-13(2)17(9-12)24-19(26)15-8-7-14(10-16(15)20(24)27)18(25)23-11-21(3,4)22/h5-10H,11,22H2,1-4H3,(H,23,25). The van der Waals surface area contributed by atoms with Gasteiger partial charge in [0.25, 0.3) is 17.7 Å². The Hall–Kier alpha value is -2.99. The van der Waals surface area contributed by atoms with Gasteiger partial charge in [-0.15, -0.1) is 0 Å². The molecule has 3 N–H and O–H groups in total. The van der Waals surface area contributed by atoms with E-state index in [9.17, 15) is 14.4 Å². The van der Waals surface area contributed by atoms with E-state index in [0.29, 0.717) is 23.4 Å². The van der Waals surface area contributed by atoms with Gasteiger partial charge < -0.3 is 11.1 Å². The minimum absolute atomic E-state index is 0.237. The van der Waals surface area contributed by atoms with Gasteiger partial charge in [0.2, 0.25) is 0 Å². The van der Waals surface area contributed by atoms with Crippen molar-refractivity contribution in [1.29, 1.82) is 0 Å². The third kappa shape index (κ3) is 3.61. The molecule has 1 aliphatic heterocycles. The summed E-state index contributed by atoms with van der Waals surface area (Å²) in [7, 11) is 0. The molecular weight excluding hydrogens is 342 g/mol. The van der Waals surface area contributed by atoms with Gasteiger partial charge in [-0.25, -0.2) is 4.90 Å². The molecule has 6 heteroatoms. The summed E-state index contributed by atoms with van der Waals surface area (Å²) < 4.78 is 0. The predicted octanol–water partition coefficient (Wildman–Crippen LogP) is 2.57. The van der Waals surface area contributed by atoms with Crippen molar-refractivity contribution in [2.75, 3.05) is 11.4 Å². The molecule has 3 rings (SSSR count). The molecule has 0 atom stereocenters. The van der Waals surface area contributed by atoms with E-state index in [1.807, 2.05) is 32.0 Å². The number of aryl methyl sites for hydroxylation is 2. The van der Waals surface area contributed by atoms with E-state index in [2.05, 4.69) is 5.32 Å². The Labute approximate surface area is 158 Å². The molecular formula is C21H23N3O3. The summed E-state index contributed by atoms with van der Waals surface area (Å²) in [6.45, 7) is 7.67. The first-order chi connectivity index (χ1) is 12.6. The van der Waals surface area contributed by atoms with Gasteiger partial charge in [0.1, 0.15) is 0 Å². The number of hydrogen-bond donors (Lipinski definition) is 2. The lowest BCUT2D eigenvalue weighted by Crippen LogP contribution is -2.45. The molecule has 0 radical (unpaired) electrons. The fourth-order valence-corrected chi connectivity index (χ4v) is 2.97. The van der Waals surface area contributed by atoms with Crippen molar-refractivity contribution < 1.29 is 14.4 Å². The third-order valence-electron chi connectivity index (χ3n) is 4.46. The van der Waals surface area contributed by atoms with Gasteiger partial charge in [-0.1, -0.05) is 12.1 Å². The first kappa shape index (κ1) is 18.8. The molecule has 0 spiro atoms. The molecule has 0 fully saturated rings. The average Bonchev–Trinajstić information content (AvgIpc) is 2.85. The quantitative estimate of drug-likeness (QED) is 0.815. The Morgan fingerprint density at radius 2 is 1.70 bits per heavy atom. The topological polar surface area (TPSA) is 92.5 Å². The van der Waals surface area contributed by atoms with Crippen LogP contribution < -0.4 is 16.0 Å². The second-order valence-electron chi connectivity index (χ2n) is 7.67. The van der Waals surface area contributed by atoms with Crippen LogP contribution >= 0.6 is 0 Å². The molecule has 6 nitrogen and oxygen atoms in total. The highest BCUT2D eigenvalue weighted by Crippen LogP contribution is 2.31. The highest BCUT2D eigenvalue weighted by atomic mass is 16.2. The van der Waals surface area contributed by atoms with E-state index in [0.717, 1.165) is 11.1 Å². The molecule has 0 bridgehead atoms. The van der Waals surface area contributed by atoms with Crippen molar-refractivity contribution in [2.24, 2.45) is 5.73 Å². The smallest absolute Gasteiger partial charge is 0.266 e. The second-order valence-corrected chi connectivity index (χ2v) is 7.67. The first-order valence-electron chi connectivity index (χ1n) is 8.76. The normalized spacial score (nSPS) is 13.7. The number of rotatable bonds is 4. The molecule has 0 saturated carbocycles. The minimum Gasteiger partial charge on any atom is -0.350 e. The summed E-state index contributed by atoms with van der Waals surface area (Å²) in [6, 6.07) is 10.2. The van der Waals surface area contributed by atoms with Crippen molar-refractivity contribution in [3.63, 3.8) is 0 Å². The zero-order valence-electron chi connectivity index (χ0n) is 15.9. The second kappa shape index (κ2) is 6.63. The molecule has 27 heavy (non-hydrogen) atoms. The lowest BCUT2D eigenvalue weighted by molar-refractivity contribution is 0.0923. The number of anilines is 1. The van der Waals surface area contributed by atoms with Gasteiger partial charge in [0.15, 0.2) is 0 Å². The highest BCUT2D eigenvalue weighted by Gasteiger charge is 2.37.